The van der Waals surface area contributed by atoms with E-state index in [1.165, 1.54) is 0 Å². The van der Waals surface area contributed by atoms with Crippen molar-refractivity contribution in [3.05, 3.63) is 34.9 Å². The van der Waals surface area contributed by atoms with Crippen LogP contribution in [0.2, 0.25) is 5.02 Å². The number of hydrogen-bond acceptors (Lipinski definition) is 3. The topological polar surface area (TPSA) is 52.6 Å². The fourth-order valence-corrected chi connectivity index (χ4v) is 2.01. The molecule has 4 nitrogen and oxygen atoms in total. The van der Waals surface area contributed by atoms with Crippen molar-refractivity contribution in [3.63, 3.8) is 0 Å². The van der Waals surface area contributed by atoms with E-state index >= 15 is 0 Å². The van der Waals surface area contributed by atoms with E-state index in [1.54, 1.807) is 31.2 Å². The van der Waals surface area contributed by atoms with Gasteiger partial charge in [0, 0.05) is 23.7 Å². The molecule has 1 aromatic rings. The van der Waals surface area contributed by atoms with Gasteiger partial charge in [0.1, 0.15) is 5.54 Å². The maximum Gasteiger partial charge on any atom is 0.328 e. The third-order valence-corrected chi connectivity index (χ3v) is 3.21. The van der Waals surface area contributed by atoms with E-state index in [9.17, 15) is 9.90 Å². The molecule has 1 rings (SSSR count). The number of likely N-dealkylation sites (N-methyl/N-ethyl adjacent to an activating group) is 1. The van der Waals surface area contributed by atoms with Crippen LogP contribution in [0.1, 0.15) is 12.5 Å². The highest BCUT2D eigenvalue weighted by atomic mass is 35.5. The molecule has 0 aliphatic carbocycles. The van der Waals surface area contributed by atoms with Crippen LogP contribution in [-0.2, 0) is 10.3 Å². The summed E-state index contributed by atoms with van der Waals surface area (Å²) in [6.07, 6.45) is 0. The molecule has 0 saturated heterocycles. The van der Waals surface area contributed by atoms with Gasteiger partial charge >= 0.3 is 5.97 Å². The van der Waals surface area contributed by atoms with Gasteiger partial charge in [-0.3, -0.25) is 5.32 Å². The molecule has 0 amide bonds. The number of carboxylic acids is 1. The number of hydrogen-bond donors (Lipinski definition) is 2. The summed E-state index contributed by atoms with van der Waals surface area (Å²) in [5.74, 6) is -0.936. The van der Waals surface area contributed by atoms with Crippen molar-refractivity contribution >= 4 is 17.6 Å². The van der Waals surface area contributed by atoms with Gasteiger partial charge in [0.05, 0.1) is 0 Å². The predicted molar refractivity (Wildman–Crippen MR) is 73.0 cm³/mol. The van der Waals surface area contributed by atoms with Gasteiger partial charge in [0.2, 0.25) is 0 Å². The lowest BCUT2D eigenvalue weighted by Crippen LogP contribution is -2.48. The lowest BCUT2D eigenvalue weighted by atomic mass is 9.92. The predicted octanol–water partition coefficient (Wildman–Crippen LogP) is 1.79. The van der Waals surface area contributed by atoms with Crippen molar-refractivity contribution in [1.29, 1.82) is 0 Å². The maximum atomic E-state index is 11.5. The smallest absolute Gasteiger partial charge is 0.328 e. The number of rotatable bonds is 6. The highest BCUT2D eigenvalue weighted by Crippen LogP contribution is 2.28. The summed E-state index contributed by atoms with van der Waals surface area (Å²) in [4.78, 5) is 13.5. The molecular weight excluding hydrogens is 252 g/mol. The van der Waals surface area contributed by atoms with Crippen LogP contribution in [0.5, 0.6) is 0 Å². The minimum absolute atomic E-state index is 0.458. The molecule has 0 fully saturated rings. The molecule has 5 heteroatoms. The third kappa shape index (κ3) is 3.45. The van der Waals surface area contributed by atoms with E-state index in [-0.39, 0.29) is 0 Å². The van der Waals surface area contributed by atoms with Crippen LogP contribution < -0.4 is 5.32 Å². The first-order valence-electron chi connectivity index (χ1n) is 5.76. The van der Waals surface area contributed by atoms with Crippen LogP contribution in [0, 0.1) is 0 Å². The van der Waals surface area contributed by atoms with E-state index in [2.05, 4.69) is 5.32 Å². The third-order valence-electron chi connectivity index (χ3n) is 2.88. The number of carbonyl (C=O) groups is 1. The first-order chi connectivity index (χ1) is 8.38. The summed E-state index contributed by atoms with van der Waals surface area (Å²) < 4.78 is 0. The summed E-state index contributed by atoms with van der Waals surface area (Å²) in [5, 5.41) is 13.0. The molecule has 0 bridgehead atoms. The Morgan fingerprint density at radius 2 is 2.06 bits per heavy atom. The van der Waals surface area contributed by atoms with Gasteiger partial charge in [0.25, 0.3) is 0 Å². The van der Waals surface area contributed by atoms with E-state index in [4.69, 9.17) is 11.6 Å². The van der Waals surface area contributed by atoms with Crippen molar-refractivity contribution < 1.29 is 9.90 Å². The van der Waals surface area contributed by atoms with Crippen molar-refractivity contribution in [3.8, 4) is 0 Å². The number of carboxylic acid groups (broad SMARTS) is 1. The Kier molecular flexibility index (Phi) is 5.14. The molecule has 0 aliphatic rings. The zero-order chi connectivity index (χ0) is 13.8. The normalized spacial score (nSPS) is 14.5. The lowest BCUT2D eigenvalue weighted by molar-refractivity contribution is -0.144. The Morgan fingerprint density at radius 3 is 2.56 bits per heavy atom. The van der Waals surface area contributed by atoms with Crippen LogP contribution in [0.15, 0.2) is 24.3 Å². The molecule has 2 N–H and O–H groups in total. The molecule has 100 valence electrons. The van der Waals surface area contributed by atoms with Crippen LogP contribution in [0.3, 0.4) is 0 Å². The van der Waals surface area contributed by atoms with Crippen LogP contribution >= 0.6 is 11.6 Å². The van der Waals surface area contributed by atoms with E-state index < -0.39 is 11.5 Å². The Bertz CT molecular complexity index is 423. The minimum Gasteiger partial charge on any atom is -0.480 e. The molecule has 1 aromatic carbocycles. The Labute approximate surface area is 113 Å². The first-order valence-corrected chi connectivity index (χ1v) is 6.14. The molecule has 0 aromatic heterocycles. The van der Waals surface area contributed by atoms with Crippen molar-refractivity contribution in [1.82, 2.24) is 10.2 Å². The highest BCUT2D eigenvalue weighted by molar-refractivity contribution is 6.31. The van der Waals surface area contributed by atoms with Crippen molar-refractivity contribution in [2.24, 2.45) is 0 Å². The summed E-state index contributed by atoms with van der Waals surface area (Å²) in [7, 11) is 3.88. The molecule has 1 atom stereocenters. The van der Waals surface area contributed by atoms with Crippen LogP contribution in [-0.4, -0.2) is 43.2 Å². The number of nitrogens with zero attached hydrogens (tertiary/aromatic N) is 1. The molecule has 0 spiro atoms. The minimum atomic E-state index is -1.17. The molecule has 0 radical (unpaired) electrons. The van der Waals surface area contributed by atoms with Crippen molar-refractivity contribution in [2.45, 2.75) is 12.5 Å². The second kappa shape index (κ2) is 6.18. The van der Waals surface area contributed by atoms with Gasteiger partial charge in [-0.25, -0.2) is 4.79 Å². The van der Waals surface area contributed by atoms with Gasteiger partial charge in [-0.2, -0.15) is 0 Å². The average molecular weight is 271 g/mol. The molecule has 18 heavy (non-hydrogen) atoms. The largest absolute Gasteiger partial charge is 0.480 e. The monoisotopic (exact) mass is 270 g/mol. The molecule has 0 heterocycles. The SMILES string of the molecule is CN(C)CCNC(C)(C(=O)O)c1ccccc1Cl. The average Bonchev–Trinajstić information content (AvgIpc) is 2.28. The van der Waals surface area contributed by atoms with Crippen LogP contribution in [0.25, 0.3) is 0 Å². The summed E-state index contributed by atoms with van der Waals surface area (Å²) in [6.45, 7) is 2.96. The number of benzene rings is 1. The number of nitrogens with one attached hydrogen (secondary N) is 1. The quantitative estimate of drug-likeness (QED) is 0.828. The summed E-state index contributed by atoms with van der Waals surface area (Å²) in [6, 6.07) is 7.01. The maximum absolute atomic E-state index is 11.5. The zero-order valence-corrected chi connectivity index (χ0v) is 11.7. The van der Waals surface area contributed by atoms with Gasteiger partial charge < -0.3 is 10.0 Å². The molecular formula is C13H19ClN2O2. The molecule has 0 saturated carbocycles. The highest BCUT2D eigenvalue weighted by Gasteiger charge is 2.36. The summed E-state index contributed by atoms with van der Waals surface area (Å²) >= 11 is 6.08. The summed E-state index contributed by atoms with van der Waals surface area (Å²) in [5.41, 5.74) is -0.591. The zero-order valence-electron chi connectivity index (χ0n) is 10.9. The van der Waals surface area contributed by atoms with Crippen LogP contribution in [0.4, 0.5) is 0 Å². The van der Waals surface area contributed by atoms with Gasteiger partial charge in [-0.05, 0) is 27.1 Å². The molecule has 1 unspecified atom stereocenters. The fraction of sp³-hybridized carbons (Fsp3) is 0.462. The van der Waals surface area contributed by atoms with E-state index in [0.29, 0.717) is 17.1 Å². The standard InChI is InChI=1S/C13H19ClN2O2/c1-13(12(17)18,15-8-9-16(2)3)10-6-4-5-7-11(10)14/h4-7,15H,8-9H2,1-3H3,(H,17,18). The van der Waals surface area contributed by atoms with Gasteiger partial charge in [-0.15, -0.1) is 0 Å². The number of aliphatic carboxylic acids is 1. The Hall–Kier alpha value is -1.10. The van der Waals surface area contributed by atoms with Gasteiger partial charge in [0.15, 0.2) is 0 Å². The second-order valence-corrected chi connectivity index (χ2v) is 5.05. The first kappa shape index (κ1) is 15.0. The number of halogens is 1. The fourth-order valence-electron chi connectivity index (χ4n) is 1.68. The Balaban J connectivity index is 2.94. The molecule has 0 aliphatic heterocycles. The van der Waals surface area contributed by atoms with Gasteiger partial charge in [-0.1, -0.05) is 29.8 Å². The van der Waals surface area contributed by atoms with Crippen molar-refractivity contribution in [2.75, 3.05) is 27.2 Å². The van der Waals surface area contributed by atoms with E-state index in [0.717, 1.165) is 6.54 Å². The Morgan fingerprint density at radius 1 is 1.44 bits per heavy atom. The second-order valence-electron chi connectivity index (χ2n) is 4.64. The van der Waals surface area contributed by atoms with E-state index in [1.807, 2.05) is 19.0 Å². The lowest BCUT2D eigenvalue weighted by Gasteiger charge is -2.28.